The van der Waals surface area contributed by atoms with E-state index >= 15 is 0 Å². The van der Waals surface area contributed by atoms with E-state index < -0.39 is 0 Å². The van der Waals surface area contributed by atoms with E-state index in [-0.39, 0.29) is 12.4 Å². The molecule has 100 valence electrons. The quantitative estimate of drug-likeness (QED) is 0.813. The van der Waals surface area contributed by atoms with Gasteiger partial charge in [0.25, 0.3) is 0 Å². The first kappa shape index (κ1) is 16.9. The van der Waals surface area contributed by atoms with Gasteiger partial charge in [0.05, 0.1) is 30.9 Å². The number of hydrogen-bond acceptors (Lipinski definition) is 5. The third-order valence-electron chi connectivity index (χ3n) is 2.27. The summed E-state index contributed by atoms with van der Waals surface area (Å²) < 4.78 is 10.6. The van der Waals surface area contributed by atoms with Gasteiger partial charge in [-0.25, -0.2) is 0 Å². The number of nitrogens with two attached hydrogens (primary N) is 1. The highest BCUT2D eigenvalue weighted by atomic mass is 35.5. The minimum absolute atomic E-state index is 0. The van der Waals surface area contributed by atoms with Gasteiger partial charge >= 0.3 is 0 Å². The first-order valence-electron chi connectivity index (χ1n) is 5.21. The number of halogens is 1. The van der Waals surface area contributed by atoms with Crippen LogP contribution in [0.5, 0.6) is 11.5 Å². The van der Waals surface area contributed by atoms with Crippen LogP contribution in [0.2, 0.25) is 0 Å². The van der Waals surface area contributed by atoms with E-state index in [2.05, 4.69) is 6.07 Å². The molecule has 0 heterocycles. The second-order valence-corrected chi connectivity index (χ2v) is 4.32. The minimum Gasteiger partial charge on any atom is -0.496 e. The van der Waals surface area contributed by atoms with Crippen molar-refractivity contribution < 1.29 is 9.47 Å². The van der Waals surface area contributed by atoms with Crippen LogP contribution in [0, 0.1) is 11.3 Å². The molecule has 6 heteroatoms. The molecule has 0 atom stereocenters. The van der Waals surface area contributed by atoms with E-state index in [1.54, 1.807) is 14.2 Å². The minimum atomic E-state index is 0. The summed E-state index contributed by atoms with van der Waals surface area (Å²) in [5, 5.41) is 8.60. The Morgan fingerprint density at radius 3 is 2.44 bits per heavy atom. The van der Waals surface area contributed by atoms with Crippen molar-refractivity contribution in [2.24, 2.45) is 5.73 Å². The summed E-state index contributed by atoms with van der Waals surface area (Å²) in [5.74, 6) is 1.93. The number of nitrogens with zero attached hydrogens (tertiary/aromatic N) is 1. The number of nitriles is 1. The maximum atomic E-state index is 8.60. The highest BCUT2D eigenvalue weighted by molar-refractivity contribution is 7.99. The largest absolute Gasteiger partial charge is 0.496 e. The lowest BCUT2D eigenvalue weighted by Gasteiger charge is -2.13. The molecule has 0 saturated heterocycles. The van der Waals surface area contributed by atoms with E-state index in [1.165, 1.54) is 11.8 Å². The average Bonchev–Trinajstić information content (AvgIpc) is 2.36. The van der Waals surface area contributed by atoms with Crippen molar-refractivity contribution in [3.63, 3.8) is 0 Å². The zero-order chi connectivity index (χ0) is 12.7. The zero-order valence-corrected chi connectivity index (χ0v) is 12.1. The van der Waals surface area contributed by atoms with Crippen molar-refractivity contribution in [3.8, 4) is 17.6 Å². The van der Waals surface area contributed by atoms with E-state index in [4.69, 9.17) is 20.5 Å². The van der Waals surface area contributed by atoms with Crippen molar-refractivity contribution in [1.82, 2.24) is 0 Å². The fourth-order valence-electron chi connectivity index (χ4n) is 1.51. The van der Waals surface area contributed by atoms with Gasteiger partial charge in [-0.15, -0.1) is 24.2 Å². The lowest BCUT2D eigenvalue weighted by molar-refractivity contribution is 0.390. The molecule has 0 aliphatic heterocycles. The van der Waals surface area contributed by atoms with Gasteiger partial charge < -0.3 is 15.2 Å². The standard InChI is InChI=1S/C12H16N2O2S.ClH/c1-15-10-8-12(17-6-5-14)11(16-2)7-9(10)3-4-13;/h7-8H,3-4,6,13H2,1-2H3;1H. The van der Waals surface area contributed by atoms with Gasteiger partial charge in [0.1, 0.15) is 11.5 Å². The van der Waals surface area contributed by atoms with Crippen LogP contribution >= 0.6 is 24.2 Å². The Kier molecular flexibility index (Phi) is 8.38. The van der Waals surface area contributed by atoms with Gasteiger partial charge in [-0.2, -0.15) is 5.26 Å². The molecular weight excluding hydrogens is 272 g/mol. The van der Waals surface area contributed by atoms with Crippen molar-refractivity contribution in [3.05, 3.63) is 17.7 Å². The summed E-state index contributed by atoms with van der Waals surface area (Å²) in [6.45, 7) is 0.560. The summed E-state index contributed by atoms with van der Waals surface area (Å²) in [6, 6.07) is 5.91. The normalized spacial score (nSPS) is 9.22. The molecule has 0 aliphatic rings. The second kappa shape index (κ2) is 8.92. The van der Waals surface area contributed by atoms with Crippen molar-refractivity contribution >= 4 is 24.2 Å². The molecule has 0 bridgehead atoms. The second-order valence-electron chi connectivity index (χ2n) is 3.30. The summed E-state index contributed by atoms with van der Waals surface area (Å²) in [5.41, 5.74) is 6.57. The highest BCUT2D eigenvalue weighted by Gasteiger charge is 2.11. The van der Waals surface area contributed by atoms with Crippen LogP contribution < -0.4 is 15.2 Å². The molecule has 2 N–H and O–H groups in total. The number of rotatable bonds is 6. The molecule has 0 radical (unpaired) electrons. The third-order valence-corrected chi connectivity index (χ3v) is 3.18. The van der Waals surface area contributed by atoms with Gasteiger partial charge in [0.15, 0.2) is 0 Å². The molecule has 1 rings (SSSR count). The van der Waals surface area contributed by atoms with Crippen LogP contribution in [-0.4, -0.2) is 26.5 Å². The predicted molar refractivity (Wildman–Crippen MR) is 75.9 cm³/mol. The zero-order valence-electron chi connectivity index (χ0n) is 10.4. The van der Waals surface area contributed by atoms with Gasteiger partial charge in [-0.3, -0.25) is 0 Å². The van der Waals surface area contributed by atoms with Crippen molar-refractivity contribution in [2.45, 2.75) is 11.3 Å². The van der Waals surface area contributed by atoms with Crippen LogP contribution in [0.3, 0.4) is 0 Å². The number of hydrogen-bond donors (Lipinski definition) is 1. The number of methoxy groups -OCH3 is 2. The van der Waals surface area contributed by atoms with Crippen LogP contribution in [0.1, 0.15) is 5.56 Å². The maximum absolute atomic E-state index is 8.60. The van der Waals surface area contributed by atoms with Gasteiger partial charge in [0, 0.05) is 0 Å². The first-order chi connectivity index (χ1) is 8.26. The molecule has 4 nitrogen and oxygen atoms in total. The molecule has 0 spiro atoms. The van der Waals surface area contributed by atoms with Crippen LogP contribution in [0.25, 0.3) is 0 Å². The lowest BCUT2D eigenvalue weighted by Crippen LogP contribution is -2.05. The molecule has 18 heavy (non-hydrogen) atoms. The Bertz CT molecular complexity index is 421. The first-order valence-corrected chi connectivity index (χ1v) is 6.20. The highest BCUT2D eigenvalue weighted by Crippen LogP contribution is 2.35. The fourth-order valence-corrected chi connectivity index (χ4v) is 2.20. The number of benzene rings is 1. The number of ether oxygens (including phenoxy) is 2. The average molecular weight is 289 g/mol. The van der Waals surface area contributed by atoms with E-state index in [0.29, 0.717) is 12.3 Å². The maximum Gasteiger partial charge on any atom is 0.132 e. The Balaban J connectivity index is 0.00000289. The Hall–Kier alpha value is -1.09. The Morgan fingerprint density at radius 2 is 1.94 bits per heavy atom. The van der Waals surface area contributed by atoms with Crippen LogP contribution in [0.4, 0.5) is 0 Å². The molecular formula is C12H17ClN2O2S. The van der Waals surface area contributed by atoms with E-state index in [0.717, 1.165) is 28.4 Å². The van der Waals surface area contributed by atoms with E-state index in [1.807, 2.05) is 12.1 Å². The van der Waals surface area contributed by atoms with Gasteiger partial charge in [-0.05, 0) is 30.7 Å². The van der Waals surface area contributed by atoms with Crippen LogP contribution in [-0.2, 0) is 6.42 Å². The Morgan fingerprint density at radius 1 is 1.28 bits per heavy atom. The van der Waals surface area contributed by atoms with Gasteiger partial charge in [0.2, 0.25) is 0 Å². The molecule has 0 aromatic heterocycles. The molecule has 1 aromatic carbocycles. The summed E-state index contributed by atoms with van der Waals surface area (Å²) in [7, 11) is 3.24. The molecule has 0 fully saturated rings. The molecule has 0 amide bonds. The molecule has 1 aromatic rings. The van der Waals surface area contributed by atoms with Crippen LogP contribution in [0.15, 0.2) is 17.0 Å². The Labute approximate surface area is 118 Å². The molecule has 0 unspecified atom stereocenters. The summed E-state index contributed by atoms with van der Waals surface area (Å²) in [6.07, 6.45) is 0.739. The predicted octanol–water partition coefficient (Wildman–Crippen LogP) is 2.24. The fraction of sp³-hybridized carbons (Fsp3) is 0.417. The summed E-state index contributed by atoms with van der Waals surface area (Å²) in [4.78, 5) is 0.909. The SMILES string of the molecule is COc1cc(SCC#N)c(OC)cc1CCN.Cl. The van der Waals surface area contributed by atoms with Crippen molar-refractivity contribution in [1.29, 1.82) is 5.26 Å². The van der Waals surface area contributed by atoms with Gasteiger partial charge in [-0.1, -0.05) is 0 Å². The van der Waals surface area contributed by atoms with Crippen molar-refractivity contribution in [2.75, 3.05) is 26.5 Å². The molecule has 0 saturated carbocycles. The van der Waals surface area contributed by atoms with E-state index in [9.17, 15) is 0 Å². The smallest absolute Gasteiger partial charge is 0.132 e. The monoisotopic (exact) mass is 288 g/mol. The number of thioether (sulfide) groups is 1. The topological polar surface area (TPSA) is 68.3 Å². The molecule has 0 aliphatic carbocycles. The third kappa shape index (κ3) is 4.30. The lowest BCUT2D eigenvalue weighted by atomic mass is 10.1. The summed E-state index contributed by atoms with van der Waals surface area (Å²) >= 11 is 1.43.